The average Bonchev–Trinajstić information content (AvgIpc) is 2.26. The normalized spacial score (nSPS) is 11.8. The van der Waals surface area contributed by atoms with E-state index >= 15 is 0 Å². The van der Waals surface area contributed by atoms with Gasteiger partial charge in [-0.3, -0.25) is 0 Å². The zero-order valence-electron chi connectivity index (χ0n) is 9.17. The molecule has 2 N–H and O–H groups in total. The first kappa shape index (κ1) is 13.9. The number of rotatable bonds is 6. The van der Waals surface area contributed by atoms with Crippen LogP contribution in [0.5, 0.6) is 5.75 Å². The van der Waals surface area contributed by atoms with Crippen molar-refractivity contribution in [1.29, 1.82) is 0 Å². The van der Waals surface area contributed by atoms with Gasteiger partial charge in [-0.2, -0.15) is 13.1 Å². The lowest BCUT2D eigenvalue weighted by molar-refractivity contribution is -0.715. The molecule has 0 radical (unpaired) electrons. The van der Waals surface area contributed by atoms with E-state index in [0.29, 0.717) is 6.42 Å². The van der Waals surface area contributed by atoms with E-state index in [1.807, 2.05) is 6.92 Å². The molecule has 0 saturated carbocycles. The fourth-order valence-electron chi connectivity index (χ4n) is 1.03. The Bertz CT molecular complexity index is 443. The van der Waals surface area contributed by atoms with Gasteiger partial charge in [0.2, 0.25) is 0 Å². The Labute approximate surface area is 99.4 Å². The third-order valence-electron chi connectivity index (χ3n) is 1.82. The highest BCUT2D eigenvalue weighted by Crippen LogP contribution is 2.14. The molecule has 0 spiro atoms. The highest BCUT2D eigenvalue weighted by atomic mass is 32.2. The van der Waals surface area contributed by atoms with E-state index in [-0.39, 0.29) is 18.0 Å². The van der Waals surface area contributed by atoms with Gasteiger partial charge in [0.1, 0.15) is 11.4 Å². The molecule has 0 heterocycles. The summed E-state index contributed by atoms with van der Waals surface area (Å²) in [5, 5.41) is 19.6. The Morgan fingerprint density at radius 2 is 1.88 bits per heavy atom. The van der Waals surface area contributed by atoms with Crippen molar-refractivity contribution in [1.82, 2.24) is 4.72 Å². The molecular weight excluding hydrogens is 248 g/mol. The minimum Gasteiger partial charge on any atom is -0.628 e. The minimum atomic E-state index is -3.84. The summed E-state index contributed by atoms with van der Waals surface area (Å²) >= 11 is 0. The average molecular weight is 261 g/mol. The molecule has 0 unspecified atom stereocenters. The summed E-state index contributed by atoms with van der Waals surface area (Å²) in [6.07, 6.45) is 0.645. The largest absolute Gasteiger partial charge is 0.628 e. The van der Waals surface area contributed by atoms with Gasteiger partial charge in [-0.05, 0) is 18.6 Å². The summed E-state index contributed by atoms with van der Waals surface area (Å²) < 4.78 is 29.5. The van der Waals surface area contributed by atoms with Gasteiger partial charge < -0.3 is 19.8 Å². The van der Waals surface area contributed by atoms with Crippen LogP contribution in [0.1, 0.15) is 13.3 Å². The smallest absolute Gasteiger partial charge is 0.382 e. The number of hydrogen-bond donors (Lipinski definition) is 2. The van der Waals surface area contributed by atoms with E-state index in [2.05, 4.69) is 8.91 Å². The Balaban J connectivity index is 2.69. The number of hydrogen-bond acceptors (Lipinski definition) is 5. The van der Waals surface area contributed by atoms with Crippen LogP contribution in [-0.4, -0.2) is 15.0 Å². The molecule has 0 aliphatic rings. The van der Waals surface area contributed by atoms with E-state index in [9.17, 15) is 18.8 Å². The first-order valence-corrected chi connectivity index (χ1v) is 6.36. The van der Waals surface area contributed by atoms with Gasteiger partial charge in [-0.25, -0.2) is 0 Å². The van der Waals surface area contributed by atoms with Crippen molar-refractivity contribution in [2.45, 2.75) is 13.3 Å². The second-order valence-electron chi connectivity index (χ2n) is 3.24. The molecule has 0 amide bonds. The summed E-state index contributed by atoms with van der Waals surface area (Å²) in [7, 11) is -3.84. The quantitative estimate of drug-likeness (QED) is 0.691. The molecule has 96 valence electrons. The maximum atomic E-state index is 11.3. The lowest BCUT2D eigenvalue weighted by Gasteiger charge is -2.24. The van der Waals surface area contributed by atoms with E-state index in [0.717, 1.165) is 0 Å². The zero-order chi connectivity index (χ0) is 12.9. The second kappa shape index (κ2) is 5.94. The predicted octanol–water partition coefficient (Wildman–Crippen LogP) is -0.178. The van der Waals surface area contributed by atoms with Gasteiger partial charge in [0, 0.05) is 18.7 Å². The molecule has 0 atom stereocenters. The summed E-state index contributed by atoms with van der Waals surface area (Å²) in [4.78, 5) is 0. The molecule has 7 nitrogen and oxygen atoms in total. The Kier molecular flexibility index (Phi) is 4.85. The Hall–Kier alpha value is -1.19. The summed E-state index contributed by atoms with van der Waals surface area (Å²) in [5.41, 5.74) is -0.0451. The molecule has 0 aliphatic carbocycles. The van der Waals surface area contributed by atoms with Crippen molar-refractivity contribution in [3.05, 3.63) is 34.7 Å². The lowest BCUT2D eigenvalue weighted by Crippen LogP contribution is -2.96. The monoisotopic (exact) mass is 261 g/mol. The molecule has 0 fully saturated rings. The third-order valence-corrected chi connectivity index (χ3v) is 2.79. The van der Waals surface area contributed by atoms with Crippen molar-refractivity contribution in [2.75, 3.05) is 6.54 Å². The number of nitrogens with one attached hydrogen (secondary N) is 2. The van der Waals surface area contributed by atoms with Crippen molar-refractivity contribution in [3.8, 4) is 5.75 Å². The van der Waals surface area contributed by atoms with E-state index < -0.39 is 15.5 Å². The van der Waals surface area contributed by atoms with Crippen LogP contribution >= 0.6 is 0 Å². The molecule has 0 saturated heterocycles. The fraction of sp³-hybridized carbons (Fsp3) is 0.333. The summed E-state index contributed by atoms with van der Waals surface area (Å²) in [6.45, 7) is 2.09. The van der Waals surface area contributed by atoms with Gasteiger partial charge in [-0.1, -0.05) is 6.92 Å². The molecule has 0 bridgehead atoms. The van der Waals surface area contributed by atoms with Gasteiger partial charge in [0.15, 0.2) is 0 Å². The Morgan fingerprint density at radius 1 is 1.29 bits per heavy atom. The molecule has 0 aromatic heterocycles. The molecule has 0 aliphatic heterocycles. The van der Waals surface area contributed by atoms with E-state index in [1.165, 1.54) is 24.3 Å². The lowest BCUT2D eigenvalue weighted by atomic mass is 10.3. The zero-order valence-corrected chi connectivity index (χ0v) is 9.99. The van der Waals surface area contributed by atoms with Crippen molar-refractivity contribution >= 4 is 16.0 Å². The van der Waals surface area contributed by atoms with Crippen molar-refractivity contribution < 1.29 is 17.8 Å². The van der Waals surface area contributed by atoms with Crippen LogP contribution in [0.15, 0.2) is 24.3 Å². The highest BCUT2D eigenvalue weighted by Gasteiger charge is 2.10. The molecule has 1 aromatic rings. The van der Waals surface area contributed by atoms with Crippen LogP contribution in [0, 0.1) is 10.4 Å². The van der Waals surface area contributed by atoms with Crippen LogP contribution in [0.2, 0.25) is 0 Å². The van der Waals surface area contributed by atoms with E-state index in [1.54, 1.807) is 0 Å². The minimum absolute atomic E-state index is 0.0404. The van der Waals surface area contributed by atoms with Gasteiger partial charge >= 0.3 is 10.3 Å². The van der Waals surface area contributed by atoms with Gasteiger partial charge in [-0.15, -0.1) is 0 Å². The highest BCUT2D eigenvalue weighted by molar-refractivity contribution is 7.85. The number of benzene rings is 1. The van der Waals surface area contributed by atoms with Crippen molar-refractivity contribution in [2.24, 2.45) is 0 Å². The molecule has 1 aromatic carbocycles. The van der Waals surface area contributed by atoms with Crippen LogP contribution < -0.4 is 14.1 Å². The third kappa shape index (κ3) is 4.67. The predicted molar refractivity (Wildman–Crippen MR) is 61.6 cm³/mol. The van der Waals surface area contributed by atoms with Crippen LogP contribution in [0.4, 0.5) is 5.69 Å². The van der Waals surface area contributed by atoms with Crippen LogP contribution in [0.25, 0.3) is 0 Å². The molecular formula is C9H13N2O5S-. The summed E-state index contributed by atoms with van der Waals surface area (Å²) in [5.74, 6) is 0.0404. The standard InChI is InChI=1S/C9H13N2O5S/c1-2-7-10-17(14,15)16-9-5-3-8(4-6-9)11(12)13/h3-6,10-11H,2,7H2,1H3/q-1. The first-order chi connectivity index (χ1) is 7.94. The first-order valence-electron chi connectivity index (χ1n) is 4.95. The SMILES string of the molecule is CCCNS(=O)(=O)Oc1ccc([NH+]([O-])[O-])cc1. The fourth-order valence-corrected chi connectivity index (χ4v) is 1.91. The molecule has 1 rings (SSSR count). The molecule has 17 heavy (non-hydrogen) atoms. The topological polar surface area (TPSA) is 106 Å². The molecule has 8 heteroatoms. The maximum absolute atomic E-state index is 11.3. The number of quaternary nitrogens is 1. The van der Waals surface area contributed by atoms with Crippen molar-refractivity contribution in [3.63, 3.8) is 0 Å². The van der Waals surface area contributed by atoms with E-state index in [4.69, 9.17) is 0 Å². The van der Waals surface area contributed by atoms with Gasteiger partial charge in [0.05, 0.1) is 0 Å². The van der Waals surface area contributed by atoms with Gasteiger partial charge in [0.25, 0.3) is 0 Å². The van der Waals surface area contributed by atoms with Crippen LogP contribution in [-0.2, 0) is 10.3 Å². The maximum Gasteiger partial charge on any atom is 0.382 e. The summed E-state index contributed by atoms with van der Waals surface area (Å²) in [6, 6.07) is 4.91. The van der Waals surface area contributed by atoms with Crippen LogP contribution in [0.3, 0.4) is 0 Å². The second-order valence-corrected chi connectivity index (χ2v) is 4.61. The Morgan fingerprint density at radius 3 is 2.35 bits per heavy atom.